The second kappa shape index (κ2) is 16.8. The van der Waals surface area contributed by atoms with Gasteiger partial charge in [-0.1, -0.05) is 52.0 Å². The summed E-state index contributed by atoms with van der Waals surface area (Å²) in [6, 6.07) is 7.43. The number of methoxy groups -OCH3 is 1. The molecule has 0 N–H and O–H groups in total. The molecule has 13 nitrogen and oxygen atoms in total. The zero-order valence-corrected chi connectivity index (χ0v) is 34.4. The van der Waals surface area contributed by atoms with Crippen molar-refractivity contribution < 1.29 is 47.6 Å². The molecule has 1 aromatic carbocycles. The SMILES string of the molecule is C=C[C@H]1CN=C2[C@H](C)C[C@](C)(OC)[C@H](O[C@@H]3O[C@H](C)C[C@H](N(C)C)[C@H]3OC(=O)c3ccccc3)[C@@H](C)C(=O)[C@@H](C)C(=O)O[C@@H](CC)[C@@]3(C)OC(=O)N1[C@@H]3[C@H]2C. The van der Waals surface area contributed by atoms with Crippen molar-refractivity contribution in [1.29, 1.82) is 0 Å². The molecule has 0 aromatic heterocycles. The van der Waals surface area contributed by atoms with E-state index in [9.17, 15) is 19.2 Å². The Morgan fingerprint density at radius 3 is 2.35 bits per heavy atom. The van der Waals surface area contributed by atoms with Gasteiger partial charge in [-0.15, -0.1) is 6.58 Å². The van der Waals surface area contributed by atoms with E-state index in [0.717, 1.165) is 5.71 Å². The fraction of sp³-hybridized carbons (Fsp3) is 0.690. The van der Waals surface area contributed by atoms with Crippen molar-refractivity contribution in [1.82, 2.24) is 9.80 Å². The maximum absolute atomic E-state index is 14.5. The van der Waals surface area contributed by atoms with E-state index in [1.165, 1.54) is 6.92 Å². The van der Waals surface area contributed by atoms with Gasteiger partial charge in [0.1, 0.15) is 12.0 Å². The Balaban J connectivity index is 1.61. The smallest absolute Gasteiger partial charge is 0.411 e. The van der Waals surface area contributed by atoms with Gasteiger partial charge in [0.2, 0.25) is 0 Å². The predicted octanol–water partition coefficient (Wildman–Crippen LogP) is 5.50. The van der Waals surface area contributed by atoms with Crippen LogP contribution in [0.5, 0.6) is 0 Å². The number of hydrogen-bond donors (Lipinski definition) is 0. The van der Waals surface area contributed by atoms with Crippen LogP contribution in [0, 0.1) is 23.7 Å². The summed E-state index contributed by atoms with van der Waals surface area (Å²) in [4.78, 5) is 64.5. The lowest BCUT2D eigenvalue weighted by atomic mass is 9.73. The van der Waals surface area contributed by atoms with Crippen molar-refractivity contribution in [2.75, 3.05) is 27.7 Å². The zero-order valence-electron chi connectivity index (χ0n) is 34.4. The van der Waals surface area contributed by atoms with Crippen LogP contribution in [-0.2, 0) is 38.0 Å². The van der Waals surface area contributed by atoms with Crippen LogP contribution in [0.1, 0.15) is 85.0 Å². The van der Waals surface area contributed by atoms with Crippen molar-refractivity contribution >= 4 is 29.5 Å². The summed E-state index contributed by atoms with van der Waals surface area (Å²) in [7, 11) is 5.39. The van der Waals surface area contributed by atoms with Crippen LogP contribution in [0.15, 0.2) is 48.0 Å². The number of rotatable bonds is 8. The van der Waals surface area contributed by atoms with Gasteiger partial charge in [-0.25, -0.2) is 9.59 Å². The molecule has 4 heterocycles. The van der Waals surface area contributed by atoms with Gasteiger partial charge in [0.15, 0.2) is 23.8 Å². The average molecular weight is 768 g/mol. The third-order valence-corrected chi connectivity index (χ3v) is 12.5. The van der Waals surface area contributed by atoms with E-state index in [4.69, 9.17) is 33.4 Å². The summed E-state index contributed by atoms with van der Waals surface area (Å²) in [5.74, 6) is -4.38. The summed E-state index contributed by atoms with van der Waals surface area (Å²) in [5.41, 5.74) is -1.20. The molecule has 55 heavy (non-hydrogen) atoms. The zero-order chi connectivity index (χ0) is 40.6. The first kappa shape index (κ1) is 42.5. The first-order valence-electron chi connectivity index (χ1n) is 19.6. The molecule has 2 bridgehead atoms. The van der Waals surface area contributed by atoms with Crippen LogP contribution in [-0.4, -0.2) is 127 Å². The Bertz CT molecular complexity index is 1620. The van der Waals surface area contributed by atoms with Gasteiger partial charge in [-0.2, -0.15) is 0 Å². The maximum atomic E-state index is 14.5. The van der Waals surface area contributed by atoms with Crippen LogP contribution in [0.4, 0.5) is 4.79 Å². The lowest BCUT2D eigenvalue weighted by molar-refractivity contribution is -0.294. The van der Waals surface area contributed by atoms with E-state index in [1.807, 2.05) is 52.8 Å². The second-order valence-electron chi connectivity index (χ2n) is 16.5. The predicted molar refractivity (Wildman–Crippen MR) is 206 cm³/mol. The van der Waals surface area contributed by atoms with Crippen molar-refractivity contribution in [3.8, 4) is 0 Å². The molecule has 0 aliphatic carbocycles. The number of ether oxygens (including phenoxy) is 6. The van der Waals surface area contributed by atoms with Crippen molar-refractivity contribution in [2.24, 2.45) is 28.7 Å². The summed E-state index contributed by atoms with van der Waals surface area (Å²) in [6.45, 7) is 19.1. The molecule has 0 unspecified atom stereocenters. The van der Waals surface area contributed by atoms with Gasteiger partial charge in [-0.3, -0.25) is 19.5 Å². The number of hydrogen-bond acceptors (Lipinski definition) is 12. The minimum atomic E-state index is -1.24. The van der Waals surface area contributed by atoms with E-state index in [0.29, 0.717) is 24.8 Å². The van der Waals surface area contributed by atoms with Crippen molar-refractivity contribution in [3.63, 3.8) is 0 Å². The molecule has 14 atom stereocenters. The fourth-order valence-corrected chi connectivity index (χ4v) is 9.41. The molecule has 3 fully saturated rings. The summed E-state index contributed by atoms with van der Waals surface area (Å²) in [6.07, 6.45) is -1.70. The number of Topliss-reactive ketones (excluding diaryl/α,β-unsaturated/α-hetero) is 1. The molecule has 13 heteroatoms. The van der Waals surface area contributed by atoms with Crippen molar-refractivity contribution in [2.45, 2.75) is 135 Å². The highest BCUT2D eigenvalue weighted by Crippen LogP contribution is 2.45. The minimum Gasteiger partial charge on any atom is -0.458 e. The lowest BCUT2D eigenvalue weighted by Crippen LogP contribution is -2.61. The fourth-order valence-electron chi connectivity index (χ4n) is 9.41. The normalized spacial score (nSPS) is 40.0. The average Bonchev–Trinajstić information content (AvgIpc) is 3.32. The van der Waals surface area contributed by atoms with Gasteiger partial charge in [0.05, 0.1) is 48.0 Å². The number of carbonyl (C=O) groups excluding carboxylic acids is 4. The molecule has 5 rings (SSSR count). The largest absolute Gasteiger partial charge is 0.458 e. The number of amides is 1. The Hall–Kier alpha value is -3.65. The van der Waals surface area contributed by atoms with Crippen LogP contribution in [0.3, 0.4) is 0 Å². The van der Waals surface area contributed by atoms with Crippen molar-refractivity contribution in [3.05, 3.63) is 48.6 Å². The number of aliphatic imine (C=N–C) groups is 1. The first-order valence-corrected chi connectivity index (χ1v) is 19.6. The number of likely N-dealkylation sites (N-methyl/N-ethyl adjacent to an activating group) is 1. The molecular formula is C42H61N3O10. The van der Waals surface area contributed by atoms with Crippen LogP contribution in [0.2, 0.25) is 0 Å². The molecule has 1 amide bonds. The van der Waals surface area contributed by atoms with Gasteiger partial charge in [0, 0.05) is 24.7 Å². The number of fused-ring (bicyclic) bond motifs is 1. The second-order valence-corrected chi connectivity index (χ2v) is 16.5. The highest BCUT2D eigenvalue weighted by Gasteiger charge is 2.62. The molecule has 0 radical (unpaired) electrons. The minimum absolute atomic E-state index is 0.242. The Morgan fingerprint density at radius 1 is 1.07 bits per heavy atom. The van der Waals surface area contributed by atoms with Crippen LogP contribution >= 0.6 is 0 Å². The number of cyclic esters (lactones) is 1. The Kier molecular flexibility index (Phi) is 13.0. The maximum Gasteiger partial charge on any atom is 0.411 e. The lowest BCUT2D eigenvalue weighted by Gasteiger charge is -2.48. The number of carbonyl (C=O) groups is 4. The molecular weight excluding hydrogens is 706 g/mol. The summed E-state index contributed by atoms with van der Waals surface area (Å²) < 4.78 is 38.3. The van der Waals surface area contributed by atoms with E-state index in [-0.39, 0.29) is 30.5 Å². The quantitative estimate of drug-likeness (QED) is 0.143. The van der Waals surface area contributed by atoms with Gasteiger partial charge < -0.3 is 33.3 Å². The van der Waals surface area contributed by atoms with E-state index in [1.54, 1.807) is 56.2 Å². The molecule has 0 saturated carbocycles. The highest BCUT2D eigenvalue weighted by atomic mass is 16.7. The number of benzene rings is 1. The standard InChI is InChI=1S/C42H61N3O10/c1-13-29-22-43-32-23(3)21-41(8,50-12)36(54-39-34(30(44(10)11)20-24(4)51-39)53-38(48)28-18-16-15-17-19-28)26(6)33(46)27(7)37(47)52-31(14-2)42(9)35(25(32)5)45(29)40(49)55-42/h13,15-19,23-27,29-31,34-36,39H,1,14,20-22H2,2-12H3/t23-,24-,25+,26+,27-,29+,30+,31+,34-,35-,36-,39+,41+,42-/m1/s1. The molecule has 3 saturated heterocycles. The molecule has 1 aromatic rings. The molecule has 304 valence electrons. The van der Waals surface area contributed by atoms with Crippen LogP contribution in [0.25, 0.3) is 0 Å². The third-order valence-electron chi connectivity index (χ3n) is 12.5. The molecule has 4 aliphatic rings. The van der Waals surface area contributed by atoms with Gasteiger partial charge in [-0.05, 0) is 79.1 Å². The van der Waals surface area contributed by atoms with E-state index >= 15 is 0 Å². The topological polar surface area (TPSA) is 142 Å². The summed E-state index contributed by atoms with van der Waals surface area (Å²) >= 11 is 0. The van der Waals surface area contributed by atoms with Crippen LogP contribution < -0.4 is 0 Å². The summed E-state index contributed by atoms with van der Waals surface area (Å²) in [5, 5.41) is 0. The number of esters is 2. The monoisotopic (exact) mass is 767 g/mol. The molecule has 0 spiro atoms. The van der Waals surface area contributed by atoms with Gasteiger partial charge in [0.25, 0.3) is 0 Å². The van der Waals surface area contributed by atoms with E-state index < -0.39 is 83.5 Å². The number of ketones is 1. The molecule has 4 aliphatic heterocycles. The first-order chi connectivity index (χ1) is 25.9. The Labute approximate surface area is 326 Å². The third kappa shape index (κ3) is 8.13. The van der Waals surface area contributed by atoms with E-state index in [2.05, 4.69) is 13.5 Å². The van der Waals surface area contributed by atoms with Gasteiger partial charge >= 0.3 is 18.0 Å². The highest BCUT2D eigenvalue weighted by molar-refractivity contribution is 6.00. The number of nitrogens with zero attached hydrogens (tertiary/aromatic N) is 3. The Morgan fingerprint density at radius 2 is 1.75 bits per heavy atom.